The topological polar surface area (TPSA) is 61.4 Å². The fourth-order valence-corrected chi connectivity index (χ4v) is 1.74. The minimum Gasteiger partial charge on any atom is -0.506 e. The Hall–Kier alpha value is -1.98. The van der Waals surface area contributed by atoms with Crippen molar-refractivity contribution < 1.29 is 14.3 Å². The van der Waals surface area contributed by atoms with E-state index in [1.54, 1.807) is 24.3 Å². The van der Waals surface area contributed by atoms with E-state index in [-0.39, 0.29) is 10.7 Å². The molecule has 0 aliphatic heterocycles. The third kappa shape index (κ3) is 3.53. The Bertz CT molecular complexity index is 648. The van der Waals surface area contributed by atoms with E-state index in [1.807, 2.05) is 0 Å². The average molecular weight is 315 g/mol. The number of amides is 2. The zero-order chi connectivity index (χ0) is 14.7. The Balaban J connectivity index is 2.08. The van der Waals surface area contributed by atoms with Crippen molar-refractivity contribution >= 4 is 40.6 Å². The second-order valence-electron chi connectivity index (χ2n) is 3.87. The Morgan fingerprint density at radius 3 is 2.40 bits per heavy atom. The van der Waals surface area contributed by atoms with Crippen molar-refractivity contribution in [2.24, 2.45) is 0 Å². The summed E-state index contributed by atoms with van der Waals surface area (Å²) in [5.41, 5.74) is 0.358. The van der Waals surface area contributed by atoms with Crippen LogP contribution in [0.3, 0.4) is 0 Å². The molecule has 2 aromatic rings. The summed E-state index contributed by atoms with van der Waals surface area (Å²) in [5, 5.41) is 14.5. The molecule has 2 amide bonds. The number of halogens is 3. The molecule has 4 nitrogen and oxygen atoms in total. The van der Waals surface area contributed by atoms with Crippen LogP contribution in [0.15, 0.2) is 36.4 Å². The van der Waals surface area contributed by atoms with Gasteiger partial charge in [0.25, 0.3) is 0 Å². The minimum absolute atomic E-state index is 0.0619. The normalized spacial score (nSPS) is 10.2. The molecule has 0 aliphatic rings. The second kappa shape index (κ2) is 5.98. The molecule has 0 bridgehead atoms. The highest BCUT2D eigenvalue weighted by molar-refractivity contribution is 6.32. The smallest absolute Gasteiger partial charge is 0.323 e. The lowest BCUT2D eigenvalue weighted by Gasteiger charge is -2.09. The van der Waals surface area contributed by atoms with Gasteiger partial charge in [0.1, 0.15) is 5.75 Å². The first-order valence-electron chi connectivity index (χ1n) is 5.47. The summed E-state index contributed by atoms with van der Waals surface area (Å²) in [7, 11) is 0. The van der Waals surface area contributed by atoms with E-state index in [0.717, 1.165) is 12.1 Å². The summed E-state index contributed by atoms with van der Waals surface area (Å²) in [6.45, 7) is 0. The van der Waals surface area contributed by atoms with Gasteiger partial charge in [0.05, 0.1) is 10.7 Å². The van der Waals surface area contributed by atoms with Gasteiger partial charge in [0, 0.05) is 16.8 Å². The molecule has 20 heavy (non-hydrogen) atoms. The first-order chi connectivity index (χ1) is 9.45. The monoisotopic (exact) mass is 314 g/mol. The standard InChI is InChI=1S/C13H9Cl2FN2O2/c14-7-1-3-8(4-2-7)17-13(20)18-11-5-9(15)12(19)6-10(11)16/h1-6,19H,(H2,17,18,20). The molecule has 3 N–H and O–H groups in total. The average Bonchev–Trinajstić information content (AvgIpc) is 2.39. The summed E-state index contributed by atoms with van der Waals surface area (Å²) in [4.78, 5) is 11.7. The van der Waals surface area contributed by atoms with Crippen molar-refractivity contribution in [2.75, 3.05) is 10.6 Å². The SMILES string of the molecule is O=C(Nc1ccc(Cl)cc1)Nc1cc(Cl)c(O)cc1F. The molecule has 104 valence electrons. The molecular weight excluding hydrogens is 306 g/mol. The van der Waals surface area contributed by atoms with Gasteiger partial charge >= 0.3 is 6.03 Å². The number of aromatic hydroxyl groups is 1. The lowest BCUT2D eigenvalue weighted by atomic mass is 10.3. The number of carbonyl (C=O) groups excluding carboxylic acids is 1. The van der Waals surface area contributed by atoms with Gasteiger partial charge < -0.3 is 15.7 Å². The molecule has 0 heterocycles. The van der Waals surface area contributed by atoms with E-state index in [1.165, 1.54) is 0 Å². The Morgan fingerprint density at radius 2 is 1.75 bits per heavy atom. The third-order valence-corrected chi connectivity index (χ3v) is 2.94. The molecule has 0 aromatic heterocycles. The van der Waals surface area contributed by atoms with Gasteiger partial charge in [-0.3, -0.25) is 0 Å². The maximum absolute atomic E-state index is 13.5. The van der Waals surface area contributed by atoms with Crippen molar-refractivity contribution in [1.29, 1.82) is 0 Å². The number of phenolic OH excluding ortho intramolecular Hbond substituents is 1. The van der Waals surface area contributed by atoms with Gasteiger partial charge in [-0.25, -0.2) is 9.18 Å². The summed E-state index contributed by atoms with van der Waals surface area (Å²) < 4.78 is 13.5. The van der Waals surface area contributed by atoms with E-state index < -0.39 is 17.6 Å². The molecule has 2 aromatic carbocycles. The van der Waals surface area contributed by atoms with Crippen molar-refractivity contribution in [2.45, 2.75) is 0 Å². The fourth-order valence-electron chi connectivity index (χ4n) is 1.45. The Kier molecular flexibility index (Phi) is 4.32. The molecule has 0 unspecified atom stereocenters. The molecule has 7 heteroatoms. The maximum atomic E-state index is 13.5. The zero-order valence-electron chi connectivity index (χ0n) is 9.95. The molecule has 2 rings (SSSR count). The highest BCUT2D eigenvalue weighted by Gasteiger charge is 2.11. The van der Waals surface area contributed by atoms with Crippen LogP contribution >= 0.6 is 23.2 Å². The zero-order valence-corrected chi connectivity index (χ0v) is 11.5. The molecule has 0 aliphatic carbocycles. The highest BCUT2D eigenvalue weighted by Crippen LogP contribution is 2.29. The van der Waals surface area contributed by atoms with E-state index in [0.29, 0.717) is 10.7 Å². The molecule has 0 saturated heterocycles. The lowest BCUT2D eigenvalue weighted by Crippen LogP contribution is -2.20. The van der Waals surface area contributed by atoms with Crippen LogP contribution in [0.1, 0.15) is 0 Å². The summed E-state index contributed by atoms with van der Waals surface area (Å²) in [6, 6.07) is 7.70. The van der Waals surface area contributed by atoms with Crippen LogP contribution in [0.25, 0.3) is 0 Å². The van der Waals surface area contributed by atoms with Gasteiger partial charge in [-0.1, -0.05) is 23.2 Å². The quantitative estimate of drug-likeness (QED) is 0.715. The van der Waals surface area contributed by atoms with Crippen LogP contribution in [0.5, 0.6) is 5.75 Å². The van der Waals surface area contributed by atoms with E-state index >= 15 is 0 Å². The first kappa shape index (κ1) is 14.4. The van der Waals surface area contributed by atoms with Crippen molar-refractivity contribution in [3.8, 4) is 5.75 Å². The molecule has 0 atom stereocenters. The van der Waals surface area contributed by atoms with Crippen LogP contribution < -0.4 is 10.6 Å². The first-order valence-corrected chi connectivity index (χ1v) is 6.23. The summed E-state index contributed by atoms with van der Waals surface area (Å²) >= 11 is 11.4. The molecular formula is C13H9Cl2FN2O2. The number of carbonyl (C=O) groups is 1. The van der Waals surface area contributed by atoms with E-state index in [2.05, 4.69) is 10.6 Å². The van der Waals surface area contributed by atoms with Crippen LogP contribution in [-0.2, 0) is 0 Å². The van der Waals surface area contributed by atoms with Crippen LogP contribution in [0.4, 0.5) is 20.6 Å². The van der Waals surface area contributed by atoms with Crippen molar-refractivity contribution in [3.05, 3.63) is 52.3 Å². The number of hydrogen-bond acceptors (Lipinski definition) is 2. The van der Waals surface area contributed by atoms with E-state index in [9.17, 15) is 14.3 Å². The predicted molar refractivity (Wildman–Crippen MR) is 77.2 cm³/mol. The highest BCUT2D eigenvalue weighted by atomic mass is 35.5. The molecule has 0 fully saturated rings. The minimum atomic E-state index is -0.793. The maximum Gasteiger partial charge on any atom is 0.323 e. The number of rotatable bonds is 2. The van der Waals surface area contributed by atoms with Gasteiger partial charge in [0.2, 0.25) is 0 Å². The number of hydrogen-bond donors (Lipinski definition) is 3. The lowest BCUT2D eigenvalue weighted by molar-refractivity contribution is 0.262. The van der Waals surface area contributed by atoms with Crippen LogP contribution in [-0.4, -0.2) is 11.1 Å². The number of benzene rings is 2. The van der Waals surface area contributed by atoms with E-state index in [4.69, 9.17) is 23.2 Å². The number of anilines is 2. The second-order valence-corrected chi connectivity index (χ2v) is 4.71. The van der Waals surface area contributed by atoms with Gasteiger partial charge in [-0.2, -0.15) is 0 Å². The number of nitrogens with one attached hydrogen (secondary N) is 2. The third-order valence-electron chi connectivity index (χ3n) is 2.39. The molecule has 0 spiro atoms. The predicted octanol–water partition coefficient (Wildman–Crippen LogP) is 4.48. The van der Waals surface area contributed by atoms with Crippen LogP contribution in [0.2, 0.25) is 10.0 Å². The molecule has 0 saturated carbocycles. The van der Waals surface area contributed by atoms with Gasteiger partial charge in [-0.15, -0.1) is 0 Å². The van der Waals surface area contributed by atoms with Crippen molar-refractivity contribution in [3.63, 3.8) is 0 Å². The van der Waals surface area contributed by atoms with Crippen LogP contribution in [0, 0.1) is 5.82 Å². The van der Waals surface area contributed by atoms with Gasteiger partial charge in [-0.05, 0) is 30.3 Å². The largest absolute Gasteiger partial charge is 0.506 e. The Labute approximate surface area is 124 Å². The Morgan fingerprint density at radius 1 is 1.10 bits per heavy atom. The van der Waals surface area contributed by atoms with Gasteiger partial charge in [0.15, 0.2) is 5.82 Å². The fraction of sp³-hybridized carbons (Fsp3) is 0. The summed E-state index contributed by atoms with van der Waals surface area (Å²) in [6.07, 6.45) is 0. The number of phenols is 1. The summed E-state index contributed by atoms with van der Waals surface area (Å²) in [5.74, 6) is -1.19. The number of urea groups is 1. The molecule has 0 radical (unpaired) electrons. The van der Waals surface area contributed by atoms with Crippen molar-refractivity contribution in [1.82, 2.24) is 0 Å².